The third-order valence-electron chi connectivity index (χ3n) is 5.02. The Morgan fingerprint density at radius 3 is 2.60 bits per heavy atom. The number of carbonyl (C=O) groups excluding carboxylic acids is 1. The van der Waals surface area contributed by atoms with Crippen LogP contribution in [0.1, 0.15) is 21.3 Å². The summed E-state index contributed by atoms with van der Waals surface area (Å²) in [4.78, 5) is 12.1. The number of benzene rings is 3. The Hall–Kier alpha value is -3.17. The highest BCUT2D eigenvalue weighted by molar-refractivity contribution is 8.19. The number of hydrogen-bond acceptors (Lipinski definition) is 7. The molecule has 0 radical (unpaired) electrons. The van der Waals surface area contributed by atoms with Crippen LogP contribution in [-0.2, 0) is 11.4 Å². The third kappa shape index (κ3) is 7.40. The Bertz CT molecular complexity index is 1170. The Morgan fingerprint density at radius 1 is 1.06 bits per heavy atom. The second kappa shape index (κ2) is 12.5. The molecule has 1 aliphatic heterocycles. The minimum Gasteiger partial charge on any atom is -0.493 e. The number of nitrogens with one attached hydrogen (secondary N) is 1. The first-order valence-corrected chi connectivity index (χ1v) is 13.0. The summed E-state index contributed by atoms with van der Waals surface area (Å²) in [6.45, 7) is 0.0681. The van der Waals surface area contributed by atoms with Gasteiger partial charge in [-0.25, -0.2) is 9.82 Å². The molecule has 0 aliphatic carbocycles. The van der Waals surface area contributed by atoms with Gasteiger partial charge in [0, 0.05) is 11.5 Å². The summed E-state index contributed by atoms with van der Waals surface area (Å²) >= 11 is 3.89. The lowest BCUT2D eigenvalue weighted by Gasteiger charge is -2.11. The first kappa shape index (κ1) is 24.9. The zero-order chi connectivity index (χ0) is 24.5. The number of hydrogen-bond donors (Lipinski definition) is 1. The maximum atomic E-state index is 13.3. The van der Waals surface area contributed by atoms with Crippen LogP contribution in [0.4, 0.5) is 4.39 Å². The first-order valence-electron chi connectivity index (χ1n) is 10.9. The van der Waals surface area contributed by atoms with E-state index in [1.165, 1.54) is 42.5 Å². The molecule has 1 N–H and O–H groups in total. The number of ether oxygens (including phenoxy) is 3. The molecule has 182 valence electrons. The van der Waals surface area contributed by atoms with Gasteiger partial charge in [0.2, 0.25) is 0 Å². The summed E-state index contributed by atoms with van der Waals surface area (Å²) < 4.78 is 30.5. The van der Waals surface area contributed by atoms with E-state index in [0.29, 0.717) is 33.0 Å². The number of thioether (sulfide) groups is 2. The summed E-state index contributed by atoms with van der Waals surface area (Å²) in [5, 5.41) is 3.98. The highest BCUT2D eigenvalue weighted by atomic mass is 32.2. The normalized spacial score (nSPS) is 13.7. The van der Waals surface area contributed by atoms with Gasteiger partial charge in [-0.05, 0) is 59.2 Å². The SMILES string of the molecule is COc1cc(/C=N\NC(=O)COc2ccc(C3SCCS3)cc2)ccc1OCc1cccc(F)c1. The number of carbonyl (C=O) groups is 1. The largest absolute Gasteiger partial charge is 0.493 e. The molecule has 4 rings (SSSR count). The molecule has 0 bridgehead atoms. The minimum atomic E-state index is -0.366. The molecule has 3 aromatic carbocycles. The van der Waals surface area contributed by atoms with Crippen molar-refractivity contribution in [1.82, 2.24) is 5.43 Å². The van der Waals surface area contributed by atoms with Crippen molar-refractivity contribution in [2.45, 2.75) is 11.2 Å². The fourth-order valence-corrected chi connectivity index (χ4v) is 6.16. The van der Waals surface area contributed by atoms with Crippen molar-refractivity contribution in [2.75, 3.05) is 25.2 Å². The van der Waals surface area contributed by atoms with E-state index in [9.17, 15) is 9.18 Å². The lowest BCUT2D eigenvalue weighted by Crippen LogP contribution is -2.24. The quantitative estimate of drug-likeness (QED) is 0.289. The van der Waals surface area contributed by atoms with Gasteiger partial charge in [0.15, 0.2) is 18.1 Å². The Morgan fingerprint density at radius 2 is 1.86 bits per heavy atom. The standard InChI is InChI=1S/C26H25FN2O4S2/c1-31-24-14-18(5-10-23(24)33-16-19-3-2-4-21(27)13-19)15-28-29-25(30)17-32-22-8-6-20(7-9-22)26-34-11-12-35-26/h2-10,13-15,26H,11-12,16-17H2,1H3,(H,29,30)/b28-15-. The van der Waals surface area contributed by atoms with Gasteiger partial charge in [0.1, 0.15) is 18.2 Å². The Kier molecular flexibility index (Phi) is 8.91. The van der Waals surface area contributed by atoms with E-state index >= 15 is 0 Å². The molecule has 6 nitrogen and oxygen atoms in total. The highest BCUT2D eigenvalue weighted by Gasteiger charge is 2.18. The van der Waals surface area contributed by atoms with Crippen LogP contribution < -0.4 is 19.6 Å². The molecule has 0 saturated carbocycles. The number of hydrazone groups is 1. The second-order valence-corrected chi connectivity index (χ2v) is 10.3. The van der Waals surface area contributed by atoms with Gasteiger partial charge in [-0.2, -0.15) is 5.10 Å². The number of rotatable bonds is 10. The van der Waals surface area contributed by atoms with Gasteiger partial charge in [-0.15, -0.1) is 23.5 Å². The molecule has 1 fully saturated rings. The van der Waals surface area contributed by atoms with Crippen LogP contribution in [0, 0.1) is 5.82 Å². The van der Waals surface area contributed by atoms with E-state index in [1.54, 1.807) is 30.3 Å². The number of nitrogens with zero attached hydrogens (tertiary/aromatic N) is 1. The van der Waals surface area contributed by atoms with Gasteiger partial charge >= 0.3 is 0 Å². The number of halogens is 1. The van der Waals surface area contributed by atoms with Crippen LogP contribution in [-0.4, -0.2) is 37.3 Å². The molecule has 0 unspecified atom stereocenters. The van der Waals surface area contributed by atoms with Gasteiger partial charge in [0.25, 0.3) is 5.91 Å². The lowest BCUT2D eigenvalue weighted by atomic mass is 10.2. The average molecular weight is 513 g/mol. The van der Waals surface area contributed by atoms with Crippen molar-refractivity contribution in [3.05, 3.63) is 89.2 Å². The molecular formula is C26H25FN2O4S2. The molecule has 1 aliphatic rings. The zero-order valence-corrected chi connectivity index (χ0v) is 20.7. The van der Waals surface area contributed by atoms with Crippen LogP contribution in [0.15, 0.2) is 71.8 Å². The summed E-state index contributed by atoms with van der Waals surface area (Å²) in [5.41, 5.74) is 5.14. The van der Waals surface area contributed by atoms with Crippen LogP contribution in [0.2, 0.25) is 0 Å². The maximum absolute atomic E-state index is 13.3. The van der Waals surface area contributed by atoms with E-state index in [2.05, 4.69) is 10.5 Å². The van der Waals surface area contributed by atoms with E-state index in [1.807, 2.05) is 47.8 Å². The van der Waals surface area contributed by atoms with Gasteiger partial charge in [-0.1, -0.05) is 24.3 Å². The predicted molar refractivity (Wildman–Crippen MR) is 139 cm³/mol. The summed E-state index contributed by atoms with van der Waals surface area (Å²) in [6.07, 6.45) is 1.50. The van der Waals surface area contributed by atoms with Crippen LogP contribution in [0.5, 0.6) is 17.2 Å². The predicted octanol–water partition coefficient (Wildman–Crippen LogP) is 5.42. The molecule has 0 spiro atoms. The lowest BCUT2D eigenvalue weighted by molar-refractivity contribution is -0.123. The average Bonchev–Trinajstić information content (AvgIpc) is 3.42. The second-order valence-electron chi connectivity index (χ2n) is 7.55. The zero-order valence-electron chi connectivity index (χ0n) is 19.1. The number of methoxy groups -OCH3 is 1. The maximum Gasteiger partial charge on any atom is 0.277 e. The van der Waals surface area contributed by atoms with Crippen LogP contribution >= 0.6 is 23.5 Å². The van der Waals surface area contributed by atoms with E-state index in [-0.39, 0.29) is 24.9 Å². The first-order chi connectivity index (χ1) is 17.1. The number of amides is 1. The van der Waals surface area contributed by atoms with Gasteiger partial charge in [-0.3, -0.25) is 4.79 Å². The molecule has 0 atom stereocenters. The van der Waals surface area contributed by atoms with Gasteiger partial charge in [0.05, 0.1) is 17.9 Å². The third-order valence-corrected chi connectivity index (χ3v) is 8.12. The minimum absolute atomic E-state index is 0.139. The molecule has 1 saturated heterocycles. The fraction of sp³-hybridized carbons (Fsp3) is 0.231. The molecule has 3 aromatic rings. The molecular weight excluding hydrogens is 487 g/mol. The van der Waals surface area contributed by atoms with Crippen molar-refractivity contribution >= 4 is 35.6 Å². The molecule has 1 heterocycles. The molecule has 35 heavy (non-hydrogen) atoms. The Labute approximate surface area is 212 Å². The van der Waals surface area contributed by atoms with Gasteiger partial charge < -0.3 is 14.2 Å². The van der Waals surface area contributed by atoms with Crippen molar-refractivity contribution in [3.63, 3.8) is 0 Å². The molecule has 9 heteroatoms. The summed E-state index contributed by atoms with van der Waals surface area (Å²) in [6, 6.07) is 19.3. The fourth-order valence-electron chi connectivity index (χ4n) is 3.30. The van der Waals surface area contributed by atoms with Crippen molar-refractivity contribution in [2.24, 2.45) is 5.10 Å². The summed E-state index contributed by atoms with van der Waals surface area (Å²) in [7, 11) is 1.53. The van der Waals surface area contributed by atoms with Crippen molar-refractivity contribution < 1.29 is 23.4 Å². The van der Waals surface area contributed by atoms with E-state index in [4.69, 9.17) is 14.2 Å². The molecule has 1 amide bonds. The van der Waals surface area contributed by atoms with E-state index in [0.717, 1.165) is 0 Å². The van der Waals surface area contributed by atoms with Crippen LogP contribution in [0.3, 0.4) is 0 Å². The highest BCUT2D eigenvalue weighted by Crippen LogP contribution is 2.45. The summed E-state index contributed by atoms with van der Waals surface area (Å²) in [5.74, 6) is 3.33. The van der Waals surface area contributed by atoms with Crippen molar-refractivity contribution in [3.8, 4) is 17.2 Å². The van der Waals surface area contributed by atoms with Crippen LogP contribution in [0.25, 0.3) is 0 Å². The monoisotopic (exact) mass is 512 g/mol. The topological polar surface area (TPSA) is 69.2 Å². The Balaban J connectivity index is 1.24. The smallest absolute Gasteiger partial charge is 0.277 e. The van der Waals surface area contributed by atoms with Crippen molar-refractivity contribution in [1.29, 1.82) is 0 Å². The van der Waals surface area contributed by atoms with E-state index < -0.39 is 0 Å². The molecule has 0 aromatic heterocycles.